The van der Waals surface area contributed by atoms with E-state index in [0.717, 1.165) is 42.4 Å². The van der Waals surface area contributed by atoms with Gasteiger partial charge < -0.3 is 20.9 Å². The zero-order valence-electron chi connectivity index (χ0n) is 21.4. The highest BCUT2D eigenvalue weighted by Gasteiger charge is 2.24. The fraction of sp³-hybridized carbons (Fsp3) is 0.300. The van der Waals surface area contributed by atoms with E-state index in [1.165, 1.54) is 11.1 Å². The molecule has 0 radical (unpaired) electrons. The van der Waals surface area contributed by atoms with Crippen molar-refractivity contribution in [3.8, 4) is 0 Å². The summed E-state index contributed by atoms with van der Waals surface area (Å²) >= 11 is 5.77. The maximum absolute atomic E-state index is 5.77. The fourth-order valence-corrected chi connectivity index (χ4v) is 5.32. The molecule has 1 aliphatic carbocycles. The Bertz CT molecular complexity index is 1280. The van der Waals surface area contributed by atoms with Crippen molar-refractivity contribution in [3.05, 3.63) is 96.1 Å². The molecule has 3 N–H and O–H groups in total. The predicted octanol–water partition coefficient (Wildman–Crippen LogP) is 5.67. The van der Waals surface area contributed by atoms with Crippen molar-refractivity contribution in [2.45, 2.75) is 43.8 Å². The summed E-state index contributed by atoms with van der Waals surface area (Å²) in [5.74, 6) is 1.64. The molecule has 1 aromatic heterocycles. The van der Waals surface area contributed by atoms with Crippen molar-refractivity contribution in [1.29, 1.82) is 0 Å². The van der Waals surface area contributed by atoms with E-state index in [2.05, 4.69) is 70.5 Å². The molecule has 0 bridgehead atoms. The molecule has 1 fully saturated rings. The molecule has 0 unspecified atom stereocenters. The van der Waals surface area contributed by atoms with Gasteiger partial charge in [0.25, 0.3) is 0 Å². The minimum Gasteiger partial charge on any atom is -0.362 e. The van der Waals surface area contributed by atoms with Gasteiger partial charge in [0, 0.05) is 31.6 Å². The van der Waals surface area contributed by atoms with Crippen LogP contribution in [0.1, 0.15) is 42.9 Å². The molecule has 0 aliphatic heterocycles. The summed E-state index contributed by atoms with van der Waals surface area (Å²) in [6.07, 6.45) is 4.15. The molecule has 0 saturated heterocycles. The first-order valence-corrected chi connectivity index (χ1v) is 13.3. The second kappa shape index (κ2) is 11.6. The Morgan fingerprint density at radius 1 is 0.784 bits per heavy atom. The molecular formula is C30H34N6S. The van der Waals surface area contributed by atoms with Gasteiger partial charge in [-0.15, -0.1) is 0 Å². The Morgan fingerprint density at radius 2 is 1.35 bits per heavy atom. The monoisotopic (exact) mass is 510 g/mol. The van der Waals surface area contributed by atoms with Gasteiger partial charge in [-0.1, -0.05) is 72.8 Å². The lowest BCUT2D eigenvalue weighted by Gasteiger charge is -2.31. The molecule has 4 aromatic rings. The molecule has 6 nitrogen and oxygen atoms in total. The number of fused-ring (bicyclic) bond motifs is 1. The number of nitrogens with zero attached hydrogens (tertiary/aromatic N) is 3. The lowest BCUT2D eigenvalue weighted by molar-refractivity contribution is 0.385. The second-order valence-electron chi connectivity index (χ2n) is 9.85. The van der Waals surface area contributed by atoms with Gasteiger partial charge >= 0.3 is 0 Å². The Hall–Kier alpha value is -3.71. The molecule has 190 valence electrons. The molecule has 1 heterocycles. The van der Waals surface area contributed by atoms with Gasteiger partial charge in [-0.05, 0) is 61.2 Å². The average Bonchev–Trinajstić information content (AvgIpc) is 2.93. The van der Waals surface area contributed by atoms with E-state index in [1.54, 1.807) is 0 Å². The van der Waals surface area contributed by atoms with E-state index >= 15 is 0 Å². The Morgan fingerprint density at radius 3 is 1.97 bits per heavy atom. The number of nitrogens with one attached hydrogen (secondary N) is 3. The standard InChI is InChI=1S/C30H34N6S/c1-36(2)28-25-15-9-10-16-26(25)33-29(35-28)31-23-17-19-24(20-18-23)32-30(37)34-27(21-11-5-3-6-12-21)22-13-7-4-8-14-22/h3-16,23-24,27H,17-20H2,1-2H3,(H,31,33,35)(H2,32,34,37). The van der Waals surface area contributed by atoms with Crippen LogP contribution in [0.25, 0.3) is 10.9 Å². The summed E-state index contributed by atoms with van der Waals surface area (Å²) in [6, 6.07) is 29.8. The number of hydrogen-bond donors (Lipinski definition) is 3. The van der Waals surface area contributed by atoms with Gasteiger partial charge in [-0.2, -0.15) is 4.98 Å². The van der Waals surface area contributed by atoms with Crippen LogP contribution < -0.4 is 20.9 Å². The number of aromatic nitrogens is 2. The molecule has 1 aliphatic rings. The van der Waals surface area contributed by atoms with Crippen molar-refractivity contribution in [1.82, 2.24) is 20.6 Å². The van der Waals surface area contributed by atoms with Crippen molar-refractivity contribution < 1.29 is 0 Å². The van der Waals surface area contributed by atoms with E-state index in [0.29, 0.717) is 23.1 Å². The largest absolute Gasteiger partial charge is 0.362 e. The zero-order valence-corrected chi connectivity index (χ0v) is 22.2. The van der Waals surface area contributed by atoms with Crippen LogP contribution in [0.4, 0.5) is 11.8 Å². The maximum Gasteiger partial charge on any atom is 0.225 e. The van der Waals surface area contributed by atoms with Crippen LogP contribution in [0.5, 0.6) is 0 Å². The van der Waals surface area contributed by atoms with Gasteiger partial charge in [0.05, 0.1) is 11.6 Å². The summed E-state index contributed by atoms with van der Waals surface area (Å²) in [5, 5.41) is 12.5. The lowest BCUT2D eigenvalue weighted by Crippen LogP contribution is -2.46. The van der Waals surface area contributed by atoms with Gasteiger partial charge in [-0.3, -0.25) is 0 Å². The molecule has 5 rings (SSSR count). The normalized spacial score (nSPS) is 17.4. The van der Waals surface area contributed by atoms with Crippen LogP contribution >= 0.6 is 12.2 Å². The van der Waals surface area contributed by atoms with E-state index < -0.39 is 0 Å². The number of para-hydroxylation sites is 1. The van der Waals surface area contributed by atoms with E-state index in [-0.39, 0.29) is 6.04 Å². The minimum atomic E-state index is 0.0105. The third-order valence-corrected chi connectivity index (χ3v) is 7.18. The number of hydrogen-bond acceptors (Lipinski definition) is 5. The zero-order chi connectivity index (χ0) is 25.6. The predicted molar refractivity (Wildman–Crippen MR) is 157 cm³/mol. The average molecular weight is 511 g/mol. The molecule has 1 saturated carbocycles. The third-order valence-electron chi connectivity index (χ3n) is 6.94. The summed E-state index contributed by atoms with van der Waals surface area (Å²) in [5.41, 5.74) is 3.35. The first-order chi connectivity index (χ1) is 18.1. The first-order valence-electron chi connectivity index (χ1n) is 12.9. The summed E-state index contributed by atoms with van der Waals surface area (Å²) < 4.78 is 0. The highest BCUT2D eigenvalue weighted by molar-refractivity contribution is 7.80. The van der Waals surface area contributed by atoms with Crippen LogP contribution in [0.3, 0.4) is 0 Å². The van der Waals surface area contributed by atoms with Crippen molar-refractivity contribution >= 4 is 40.0 Å². The first kappa shape index (κ1) is 25.0. The smallest absolute Gasteiger partial charge is 0.225 e. The molecule has 0 atom stereocenters. The topological polar surface area (TPSA) is 65.1 Å². The highest BCUT2D eigenvalue weighted by atomic mass is 32.1. The lowest BCUT2D eigenvalue weighted by atomic mass is 9.91. The number of thiocarbonyl (C=S) groups is 1. The molecule has 0 amide bonds. The van der Waals surface area contributed by atoms with Gasteiger partial charge in [0.2, 0.25) is 5.95 Å². The SMILES string of the molecule is CN(C)c1nc(NC2CCC(NC(=S)NC(c3ccccc3)c3ccccc3)CC2)nc2ccccc12. The summed E-state index contributed by atoms with van der Waals surface area (Å²) in [4.78, 5) is 11.6. The highest BCUT2D eigenvalue weighted by Crippen LogP contribution is 2.27. The van der Waals surface area contributed by atoms with Crippen LogP contribution in [0, 0.1) is 0 Å². The van der Waals surface area contributed by atoms with Gasteiger partial charge in [0.15, 0.2) is 5.11 Å². The minimum absolute atomic E-state index is 0.0105. The Balaban J connectivity index is 1.18. The molecule has 0 spiro atoms. The summed E-state index contributed by atoms with van der Waals surface area (Å²) in [6.45, 7) is 0. The maximum atomic E-state index is 5.77. The fourth-order valence-electron chi connectivity index (χ4n) is 5.04. The van der Waals surface area contributed by atoms with Crippen molar-refractivity contribution in [2.75, 3.05) is 24.3 Å². The molecule has 37 heavy (non-hydrogen) atoms. The Kier molecular flexibility index (Phi) is 7.80. The van der Waals surface area contributed by atoms with E-state index in [9.17, 15) is 0 Å². The van der Waals surface area contributed by atoms with E-state index in [4.69, 9.17) is 22.2 Å². The van der Waals surface area contributed by atoms with Crippen LogP contribution in [-0.2, 0) is 0 Å². The van der Waals surface area contributed by atoms with Crippen LogP contribution in [-0.4, -0.2) is 41.3 Å². The third kappa shape index (κ3) is 6.17. The summed E-state index contributed by atoms with van der Waals surface area (Å²) in [7, 11) is 4.04. The van der Waals surface area contributed by atoms with Crippen molar-refractivity contribution in [2.24, 2.45) is 0 Å². The number of rotatable bonds is 7. The number of benzene rings is 3. The van der Waals surface area contributed by atoms with Crippen LogP contribution in [0.2, 0.25) is 0 Å². The van der Waals surface area contributed by atoms with Crippen LogP contribution in [0.15, 0.2) is 84.9 Å². The number of anilines is 2. The molecule has 7 heteroatoms. The quantitative estimate of drug-likeness (QED) is 0.277. The van der Waals surface area contributed by atoms with E-state index in [1.807, 2.05) is 49.3 Å². The molecular weight excluding hydrogens is 476 g/mol. The van der Waals surface area contributed by atoms with Gasteiger partial charge in [-0.25, -0.2) is 4.98 Å². The van der Waals surface area contributed by atoms with Gasteiger partial charge in [0.1, 0.15) is 5.82 Å². The molecule has 3 aromatic carbocycles. The Labute approximate surface area is 224 Å². The van der Waals surface area contributed by atoms with Crippen molar-refractivity contribution in [3.63, 3.8) is 0 Å². The second-order valence-corrected chi connectivity index (χ2v) is 10.3.